The van der Waals surface area contributed by atoms with Crippen molar-refractivity contribution >= 4 is 17.5 Å². The van der Waals surface area contributed by atoms with Gasteiger partial charge in [0.2, 0.25) is 0 Å². The van der Waals surface area contributed by atoms with Crippen molar-refractivity contribution in [3.05, 3.63) is 17.8 Å². The Morgan fingerprint density at radius 3 is 2.61 bits per heavy atom. The second-order valence-corrected chi connectivity index (χ2v) is 4.99. The number of hydrogen-bond donors (Lipinski definition) is 1. The summed E-state index contributed by atoms with van der Waals surface area (Å²) >= 11 is 0. The molecule has 0 radical (unpaired) electrons. The first-order valence-electron chi connectivity index (χ1n) is 6.11. The van der Waals surface area contributed by atoms with Gasteiger partial charge in [-0.05, 0) is 17.9 Å². The lowest BCUT2D eigenvalue weighted by Crippen LogP contribution is -2.24. The van der Waals surface area contributed by atoms with Crippen LogP contribution in [0.5, 0.6) is 0 Å². The average molecular weight is 249 g/mol. The molecule has 2 heterocycles. The fourth-order valence-electron chi connectivity index (χ4n) is 2.29. The molecule has 0 saturated carbocycles. The van der Waals surface area contributed by atoms with Gasteiger partial charge in [0.1, 0.15) is 11.4 Å². The van der Waals surface area contributed by atoms with Crippen LogP contribution in [0, 0.1) is 11.8 Å². The number of esters is 1. The number of nitrogen functional groups attached to an aromatic ring is 1. The summed E-state index contributed by atoms with van der Waals surface area (Å²) in [7, 11) is 1.37. The number of nitrogens with two attached hydrogens (primary N) is 1. The minimum atomic E-state index is -0.392. The molecule has 0 amide bonds. The summed E-state index contributed by atoms with van der Waals surface area (Å²) in [4.78, 5) is 18.2. The van der Waals surface area contributed by atoms with Crippen LogP contribution >= 0.6 is 0 Å². The van der Waals surface area contributed by atoms with E-state index >= 15 is 0 Å². The van der Waals surface area contributed by atoms with Crippen LogP contribution in [-0.2, 0) is 4.74 Å². The predicted molar refractivity (Wildman–Crippen MR) is 70.5 cm³/mol. The zero-order valence-electron chi connectivity index (χ0n) is 11.0. The van der Waals surface area contributed by atoms with Gasteiger partial charge in [0, 0.05) is 13.1 Å². The highest BCUT2D eigenvalue weighted by molar-refractivity contribution is 5.95. The van der Waals surface area contributed by atoms with E-state index in [2.05, 4.69) is 23.7 Å². The Labute approximate surface area is 107 Å². The van der Waals surface area contributed by atoms with Crippen molar-refractivity contribution in [3.8, 4) is 0 Å². The molecule has 1 aromatic rings. The molecule has 2 unspecified atom stereocenters. The third-order valence-corrected chi connectivity index (χ3v) is 3.58. The lowest BCUT2D eigenvalue weighted by atomic mass is 10.0. The molecule has 98 valence electrons. The minimum Gasteiger partial charge on any atom is -0.465 e. The van der Waals surface area contributed by atoms with Gasteiger partial charge in [0.05, 0.1) is 19.0 Å². The lowest BCUT2D eigenvalue weighted by molar-refractivity contribution is 0.0601. The highest BCUT2D eigenvalue weighted by Gasteiger charge is 2.29. The molecule has 2 rings (SSSR count). The molecule has 0 aliphatic carbocycles. The molecule has 0 aromatic carbocycles. The first kappa shape index (κ1) is 12.7. The summed E-state index contributed by atoms with van der Waals surface area (Å²) in [6.45, 7) is 6.23. The molecule has 0 bridgehead atoms. The molecule has 18 heavy (non-hydrogen) atoms. The van der Waals surface area contributed by atoms with E-state index in [1.165, 1.54) is 7.11 Å². The minimum absolute atomic E-state index is 0.392. The van der Waals surface area contributed by atoms with E-state index in [1.54, 1.807) is 12.3 Å². The zero-order valence-corrected chi connectivity index (χ0v) is 11.0. The third-order valence-electron chi connectivity index (χ3n) is 3.58. The molecule has 5 heteroatoms. The molecule has 2 atom stereocenters. The van der Waals surface area contributed by atoms with Crippen molar-refractivity contribution < 1.29 is 9.53 Å². The summed E-state index contributed by atoms with van der Waals surface area (Å²) < 4.78 is 4.78. The molecule has 2 N–H and O–H groups in total. The summed E-state index contributed by atoms with van der Waals surface area (Å²) in [5.74, 6) is 1.47. The number of aromatic nitrogens is 1. The Hall–Kier alpha value is -1.78. The third kappa shape index (κ3) is 2.25. The van der Waals surface area contributed by atoms with Crippen LogP contribution in [0.2, 0.25) is 0 Å². The van der Waals surface area contributed by atoms with E-state index < -0.39 is 5.97 Å². The molecule has 1 saturated heterocycles. The molecule has 1 aromatic heterocycles. The van der Waals surface area contributed by atoms with Crippen molar-refractivity contribution in [1.29, 1.82) is 0 Å². The first-order chi connectivity index (χ1) is 8.52. The highest BCUT2D eigenvalue weighted by Crippen LogP contribution is 2.29. The smallest absolute Gasteiger partial charge is 0.341 e. The fourth-order valence-corrected chi connectivity index (χ4v) is 2.29. The molecular weight excluding hydrogens is 230 g/mol. The Morgan fingerprint density at radius 1 is 1.44 bits per heavy atom. The van der Waals surface area contributed by atoms with Crippen LogP contribution in [0.3, 0.4) is 0 Å². The second-order valence-electron chi connectivity index (χ2n) is 4.99. The molecule has 1 aliphatic rings. The Kier molecular flexibility index (Phi) is 3.41. The number of carbonyl (C=O) groups excluding carboxylic acids is 1. The SMILES string of the molecule is COC(=O)c1cc(N)cnc1N1CC(C)C(C)C1. The number of ether oxygens (including phenoxy) is 1. The number of anilines is 2. The summed E-state index contributed by atoms with van der Waals surface area (Å²) in [6, 6.07) is 1.63. The van der Waals surface area contributed by atoms with Crippen molar-refractivity contribution in [2.24, 2.45) is 11.8 Å². The molecule has 1 aliphatic heterocycles. The summed E-state index contributed by atoms with van der Waals surface area (Å²) in [6.07, 6.45) is 1.58. The molecule has 1 fully saturated rings. The molecule has 5 nitrogen and oxygen atoms in total. The highest BCUT2D eigenvalue weighted by atomic mass is 16.5. The van der Waals surface area contributed by atoms with Gasteiger partial charge >= 0.3 is 5.97 Å². The molecule has 0 spiro atoms. The van der Waals surface area contributed by atoms with Gasteiger partial charge in [-0.2, -0.15) is 0 Å². The second kappa shape index (κ2) is 4.84. The van der Waals surface area contributed by atoms with Gasteiger partial charge in [-0.15, -0.1) is 0 Å². The van der Waals surface area contributed by atoms with Gasteiger partial charge in [-0.25, -0.2) is 9.78 Å². The number of pyridine rings is 1. The van der Waals surface area contributed by atoms with Gasteiger partial charge in [0.25, 0.3) is 0 Å². The van der Waals surface area contributed by atoms with Gasteiger partial charge < -0.3 is 15.4 Å². The number of rotatable bonds is 2. The number of hydrogen-bond acceptors (Lipinski definition) is 5. The van der Waals surface area contributed by atoms with Crippen LogP contribution in [0.25, 0.3) is 0 Å². The van der Waals surface area contributed by atoms with Crippen LogP contribution < -0.4 is 10.6 Å². The maximum absolute atomic E-state index is 11.8. The van der Waals surface area contributed by atoms with Gasteiger partial charge in [-0.3, -0.25) is 0 Å². The summed E-state index contributed by atoms with van der Waals surface area (Å²) in [5.41, 5.74) is 6.60. The van der Waals surface area contributed by atoms with Crippen LogP contribution in [0.15, 0.2) is 12.3 Å². The van der Waals surface area contributed by atoms with Gasteiger partial charge in [0.15, 0.2) is 0 Å². The Morgan fingerprint density at radius 2 is 2.06 bits per heavy atom. The Bertz CT molecular complexity index is 452. The lowest BCUT2D eigenvalue weighted by Gasteiger charge is -2.19. The number of methoxy groups -OCH3 is 1. The first-order valence-corrected chi connectivity index (χ1v) is 6.11. The van der Waals surface area contributed by atoms with E-state index in [-0.39, 0.29) is 0 Å². The van der Waals surface area contributed by atoms with Crippen LogP contribution in [0.1, 0.15) is 24.2 Å². The van der Waals surface area contributed by atoms with E-state index in [0.29, 0.717) is 28.9 Å². The van der Waals surface area contributed by atoms with Gasteiger partial charge in [-0.1, -0.05) is 13.8 Å². The quantitative estimate of drug-likeness (QED) is 0.805. The number of nitrogens with zero attached hydrogens (tertiary/aromatic N) is 2. The Balaban J connectivity index is 2.36. The average Bonchev–Trinajstić information content (AvgIpc) is 2.68. The van der Waals surface area contributed by atoms with Crippen molar-refractivity contribution in [2.45, 2.75) is 13.8 Å². The van der Waals surface area contributed by atoms with Crippen LogP contribution in [0.4, 0.5) is 11.5 Å². The largest absolute Gasteiger partial charge is 0.465 e. The standard InChI is InChI=1S/C13H19N3O2/c1-8-6-16(7-9(8)2)12-11(13(17)18-3)4-10(14)5-15-12/h4-5,8-9H,6-7,14H2,1-3H3. The van der Waals surface area contributed by atoms with Crippen molar-refractivity contribution in [3.63, 3.8) is 0 Å². The van der Waals surface area contributed by atoms with Crippen LogP contribution in [-0.4, -0.2) is 31.2 Å². The normalized spacial score (nSPS) is 23.2. The number of carbonyl (C=O) groups is 1. The van der Waals surface area contributed by atoms with Crippen molar-refractivity contribution in [1.82, 2.24) is 4.98 Å². The monoisotopic (exact) mass is 249 g/mol. The van der Waals surface area contributed by atoms with E-state index in [9.17, 15) is 4.79 Å². The van der Waals surface area contributed by atoms with E-state index in [4.69, 9.17) is 10.5 Å². The van der Waals surface area contributed by atoms with E-state index in [1.807, 2.05) is 0 Å². The summed E-state index contributed by atoms with van der Waals surface area (Å²) in [5, 5.41) is 0. The molecular formula is C13H19N3O2. The fraction of sp³-hybridized carbons (Fsp3) is 0.538. The van der Waals surface area contributed by atoms with E-state index in [0.717, 1.165) is 13.1 Å². The maximum Gasteiger partial charge on any atom is 0.341 e. The predicted octanol–water partition coefficient (Wildman–Crippen LogP) is 1.54. The zero-order chi connectivity index (χ0) is 13.3. The topological polar surface area (TPSA) is 68.5 Å². The maximum atomic E-state index is 11.8. The van der Waals surface area contributed by atoms with Crippen molar-refractivity contribution in [2.75, 3.05) is 30.8 Å².